The largest absolute Gasteiger partial charge is 0.350 e. The summed E-state index contributed by atoms with van der Waals surface area (Å²) in [6, 6.07) is 16.5. The van der Waals surface area contributed by atoms with Crippen LogP contribution in [-0.4, -0.2) is 35.0 Å². The highest BCUT2D eigenvalue weighted by atomic mass is 35.5. The van der Waals surface area contributed by atoms with E-state index in [-0.39, 0.29) is 17.5 Å². The maximum atomic E-state index is 13.0. The van der Waals surface area contributed by atoms with Gasteiger partial charge in [-0.15, -0.1) is 0 Å². The number of halogens is 1. The molecule has 1 unspecified atom stereocenters. The number of carbonyl (C=O) groups is 1. The third-order valence-electron chi connectivity index (χ3n) is 5.37. The highest BCUT2D eigenvalue weighted by Gasteiger charge is 2.22. The minimum absolute atomic E-state index is 0.0551. The summed E-state index contributed by atoms with van der Waals surface area (Å²) < 4.78 is 1.55. The minimum Gasteiger partial charge on any atom is -0.350 e. The molecule has 1 N–H and O–H groups in total. The van der Waals surface area contributed by atoms with Crippen LogP contribution >= 0.6 is 11.6 Å². The Morgan fingerprint density at radius 3 is 2.45 bits per heavy atom. The van der Waals surface area contributed by atoms with Gasteiger partial charge in [-0.05, 0) is 30.8 Å². The summed E-state index contributed by atoms with van der Waals surface area (Å²) in [5.74, 6) is -0.261. The fourth-order valence-corrected chi connectivity index (χ4v) is 3.99. The van der Waals surface area contributed by atoms with E-state index in [0.717, 1.165) is 29.6 Å². The van der Waals surface area contributed by atoms with E-state index in [9.17, 15) is 9.59 Å². The van der Waals surface area contributed by atoms with Crippen molar-refractivity contribution in [3.8, 4) is 0 Å². The molecular weight excluding hydrogens is 386 g/mol. The van der Waals surface area contributed by atoms with Gasteiger partial charge < -0.3 is 9.88 Å². The first-order valence-corrected chi connectivity index (χ1v) is 10.2. The number of nitrogens with zero attached hydrogens (tertiary/aromatic N) is 2. The molecule has 0 aliphatic rings. The zero-order valence-corrected chi connectivity index (χ0v) is 17.7. The molecule has 1 heterocycles. The number of hydrogen-bond donors (Lipinski definition) is 1. The lowest BCUT2D eigenvalue weighted by Crippen LogP contribution is -2.38. The Balaban J connectivity index is 1.92. The van der Waals surface area contributed by atoms with Crippen LogP contribution in [0.2, 0.25) is 5.02 Å². The van der Waals surface area contributed by atoms with Gasteiger partial charge in [0, 0.05) is 30.1 Å². The summed E-state index contributed by atoms with van der Waals surface area (Å²) in [4.78, 5) is 27.6. The molecule has 6 heteroatoms. The first-order valence-electron chi connectivity index (χ1n) is 9.83. The van der Waals surface area contributed by atoms with Gasteiger partial charge in [-0.2, -0.15) is 0 Å². The second-order valence-corrected chi connectivity index (χ2v) is 7.35. The molecule has 0 aliphatic carbocycles. The average Bonchev–Trinajstić information content (AvgIpc) is 2.74. The number of hydrogen-bond acceptors (Lipinski definition) is 3. The van der Waals surface area contributed by atoms with Crippen LogP contribution in [0.1, 0.15) is 35.8 Å². The van der Waals surface area contributed by atoms with E-state index in [1.165, 1.54) is 6.07 Å². The topological polar surface area (TPSA) is 54.3 Å². The van der Waals surface area contributed by atoms with Gasteiger partial charge in [0.05, 0.1) is 17.1 Å². The Kier molecular flexibility index (Phi) is 6.72. The van der Waals surface area contributed by atoms with Crippen molar-refractivity contribution in [1.29, 1.82) is 0 Å². The SMILES string of the molecule is CCN(CC)C(CNC(=O)c1cc(=O)n(C)c2ccccc12)c1ccccc1Cl. The summed E-state index contributed by atoms with van der Waals surface area (Å²) in [6.45, 7) is 6.23. The molecule has 3 aromatic rings. The van der Waals surface area contributed by atoms with Crippen molar-refractivity contribution in [2.45, 2.75) is 19.9 Å². The smallest absolute Gasteiger partial charge is 0.252 e. The second kappa shape index (κ2) is 9.25. The van der Waals surface area contributed by atoms with Gasteiger partial charge in [-0.3, -0.25) is 14.5 Å². The first-order chi connectivity index (χ1) is 14.0. The highest BCUT2D eigenvalue weighted by molar-refractivity contribution is 6.31. The molecule has 2 aromatic carbocycles. The van der Waals surface area contributed by atoms with Gasteiger partial charge >= 0.3 is 0 Å². The molecule has 1 amide bonds. The van der Waals surface area contributed by atoms with Gasteiger partial charge in [0.2, 0.25) is 0 Å². The van der Waals surface area contributed by atoms with E-state index in [4.69, 9.17) is 11.6 Å². The van der Waals surface area contributed by atoms with Crippen LogP contribution < -0.4 is 10.9 Å². The lowest BCUT2D eigenvalue weighted by Gasteiger charge is -2.31. The van der Waals surface area contributed by atoms with E-state index < -0.39 is 0 Å². The summed E-state index contributed by atoms with van der Waals surface area (Å²) in [5.41, 5.74) is 1.89. The Bertz CT molecular complexity index is 1070. The predicted molar refractivity (Wildman–Crippen MR) is 119 cm³/mol. The Morgan fingerprint density at radius 1 is 1.10 bits per heavy atom. The van der Waals surface area contributed by atoms with Crippen molar-refractivity contribution in [2.24, 2.45) is 7.05 Å². The van der Waals surface area contributed by atoms with Crippen LogP contribution in [0.4, 0.5) is 0 Å². The van der Waals surface area contributed by atoms with Crippen LogP contribution in [-0.2, 0) is 7.05 Å². The fourth-order valence-electron chi connectivity index (χ4n) is 3.73. The number of carbonyl (C=O) groups excluding carboxylic acids is 1. The van der Waals surface area contributed by atoms with Crippen LogP contribution in [0.25, 0.3) is 10.9 Å². The van der Waals surface area contributed by atoms with Gasteiger partial charge in [0.1, 0.15) is 0 Å². The van der Waals surface area contributed by atoms with Crippen LogP contribution in [0.3, 0.4) is 0 Å². The maximum absolute atomic E-state index is 13.0. The van der Waals surface area contributed by atoms with Gasteiger partial charge in [0.25, 0.3) is 11.5 Å². The number of nitrogens with one attached hydrogen (secondary N) is 1. The van der Waals surface area contributed by atoms with Crippen LogP contribution in [0.15, 0.2) is 59.4 Å². The molecule has 0 saturated carbocycles. The third kappa shape index (κ3) is 4.36. The van der Waals surface area contributed by atoms with Crippen molar-refractivity contribution < 1.29 is 4.79 Å². The van der Waals surface area contributed by atoms with Crippen LogP contribution in [0.5, 0.6) is 0 Å². The summed E-state index contributed by atoms with van der Waals surface area (Å²) in [5, 5.41) is 4.46. The van der Waals surface area contributed by atoms with Crippen molar-refractivity contribution in [3.63, 3.8) is 0 Å². The zero-order chi connectivity index (χ0) is 21.0. The summed E-state index contributed by atoms with van der Waals surface area (Å²) in [6.07, 6.45) is 0. The van der Waals surface area contributed by atoms with Crippen molar-refractivity contribution >= 4 is 28.4 Å². The quantitative estimate of drug-likeness (QED) is 0.639. The van der Waals surface area contributed by atoms with E-state index in [1.807, 2.05) is 48.5 Å². The van der Waals surface area contributed by atoms with E-state index in [0.29, 0.717) is 17.1 Å². The molecule has 3 rings (SSSR count). The highest BCUT2D eigenvalue weighted by Crippen LogP contribution is 2.27. The number of aryl methyl sites for hydroxylation is 1. The fraction of sp³-hybridized carbons (Fsp3) is 0.304. The average molecular weight is 412 g/mol. The van der Waals surface area contributed by atoms with Crippen molar-refractivity contribution in [2.75, 3.05) is 19.6 Å². The normalized spacial score (nSPS) is 12.3. The van der Waals surface area contributed by atoms with Gasteiger partial charge in [-0.25, -0.2) is 0 Å². The monoisotopic (exact) mass is 411 g/mol. The number of rotatable bonds is 7. The van der Waals surface area contributed by atoms with Gasteiger partial charge in [0.15, 0.2) is 0 Å². The summed E-state index contributed by atoms with van der Waals surface area (Å²) in [7, 11) is 1.71. The number of aromatic nitrogens is 1. The maximum Gasteiger partial charge on any atom is 0.252 e. The zero-order valence-electron chi connectivity index (χ0n) is 17.0. The Morgan fingerprint density at radius 2 is 1.76 bits per heavy atom. The molecule has 152 valence electrons. The number of benzene rings is 2. The molecule has 0 fully saturated rings. The molecule has 0 radical (unpaired) electrons. The number of likely N-dealkylation sites (N-methyl/N-ethyl adjacent to an activating group) is 1. The van der Waals surface area contributed by atoms with Crippen LogP contribution in [0, 0.1) is 0 Å². The van der Waals surface area contributed by atoms with E-state index in [2.05, 4.69) is 24.1 Å². The molecule has 5 nitrogen and oxygen atoms in total. The lowest BCUT2D eigenvalue weighted by atomic mass is 10.0. The molecule has 1 atom stereocenters. The van der Waals surface area contributed by atoms with Crippen molar-refractivity contribution in [3.05, 3.63) is 81.1 Å². The predicted octanol–water partition coefficient (Wildman–Crippen LogP) is 4.00. The lowest BCUT2D eigenvalue weighted by molar-refractivity contribution is 0.0936. The number of para-hydroxylation sites is 1. The Hall–Kier alpha value is -2.63. The number of fused-ring (bicyclic) bond motifs is 1. The standard InChI is InChI=1S/C23H26ClN3O2/c1-4-27(5-2)21(17-11-6-8-12-19(17)24)15-25-23(29)18-14-22(28)26(3)20-13-9-7-10-16(18)20/h6-14,21H,4-5,15H2,1-3H3,(H,25,29). The molecule has 1 aromatic heterocycles. The Labute approximate surface area is 175 Å². The first kappa shape index (κ1) is 21.1. The second-order valence-electron chi connectivity index (χ2n) is 6.94. The minimum atomic E-state index is -0.261. The van der Waals surface area contributed by atoms with E-state index in [1.54, 1.807) is 11.6 Å². The molecule has 29 heavy (non-hydrogen) atoms. The molecular formula is C23H26ClN3O2. The third-order valence-corrected chi connectivity index (χ3v) is 5.72. The van der Waals surface area contributed by atoms with Gasteiger partial charge in [-0.1, -0.05) is 61.8 Å². The molecule has 0 bridgehead atoms. The number of amides is 1. The molecule has 0 spiro atoms. The van der Waals surface area contributed by atoms with E-state index >= 15 is 0 Å². The van der Waals surface area contributed by atoms with Crippen molar-refractivity contribution in [1.82, 2.24) is 14.8 Å². The molecule has 0 aliphatic heterocycles. The molecule has 0 saturated heterocycles. The summed E-state index contributed by atoms with van der Waals surface area (Å²) >= 11 is 6.44. The number of pyridine rings is 1.